The highest BCUT2D eigenvalue weighted by atomic mass is 32.1. The molecule has 0 fully saturated rings. The van der Waals surface area contributed by atoms with Crippen molar-refractivity contribution in [2.75, 3.05) is 5.43 Å². The van der Waals surface area contributed by atoms with Gasteiger partial charge in [0.2, 0.25) is 11.8 Å². The maximum Gasteiger partial charge on any atom is 0.241 e. The van der Waals surface area contributed by atoms with Crippen molar-refractivity contribution in [1.82, 2.24) is 9.97 Å². The molecule has 6 heteroatoms. The van der Waals surface area contributed by atoms with Gasteiger partial charge in [0.25, 0.3) is 0 Å². The Bertz CT molecular complexity index is 741. The number of benzene rings is 1. The van der Waals surface area contributed by atoms with Crippen LogP contribution in [-0.2, 0) is 6.42 Å². The van der Waals surface area contributed by atoms with Gasteiger partial charge in [0, 0.05) is 0 Å². The van der Waals surface area contributed by atoms with Crippen molar-refractivity contribution in [2.45, 2.75) is 13.3 Å². The van der Waals surface area contributed by atoms with Gasteiger partial charge in [0.1, 0.15) is 10.6 Å². The van der Waals surface area contributed by atoms with E-state index in [1.165, 1.54) is 16.9 Å². The molecule has 0 aliphatic rings. The molecule has 0 atom stereocenters. The normalized spacial score (nSPS) is 10.7. The third-order valence-corrected chi connectivity index (χ3v) is 3.75. The number of fused-ring (bicyclic) bond motifs is 1. The lowest BCUT2D eigenvalue weighted by atomic mass is 10.2. The molecule has 3 N–H and O–H groups in total. The Morgan fingerprint density at radius 2 is 2.20 bits per heavy atom. The number of rotatable bonds is 4. The second-order valence-corrected chi connectivity index (χ2v) is 5.13. The first-order valence-electron chi connectivity index (χ1n) is 6.29. The molecule has 0 unspecified atom stereocenters. The van der Waals surface area contributed by atoms with Gasteiger partial charge in [0.05, 0.1) is 5.39 Å². The topological polar surface area (TPSA) is 73.1 Å². The minimum atomic E-state index is 0.349. The zero-order valence-electron chi connectivity index (χ0n) is 11.0. The Labute approximate surface area is 120 Å². The van der Waals surface area contributed by atoms with Crippen LogP contribution >= 0.6 is 11.3 Å². The fourth-order valence-electron chi connectivity index (χ4n) is 1.91. The molecule has 0 bridgehead atoms. The Morgan fingerprint density at radius 1 is 1.30 bits per heavy atom. The third-order valence-electron chi connectivity index (χ3n) is 2.94. The summed E-state index contributed by atoms with van der Waals surface area (Å²) in [6.45, 7) is 2.11. The number of nitrogens with zero attached hydrogens (tertiary/aromatic N) is 2. The number of thiophene rings is 1. The number of aromatic nitrogens is 2. The molecule has 0 saturated carbocycles. The number of anilines is 1. The van der Waals surface area contributed by atoms with Crippen molar-refractivity contribution in [2.24, 2.45) is 5.84 Å². The largest absolute Gasteiger partial charge is 0.438 e. The van der Waals surface area contributed by atoms with Crippen LogP contribution in [0, 0.1) is 0 Å². The second kappa shape index (κ2) is 5.44. The monoisotopic (exact) mass is 286 g/mol. The van der Waals surface area contributed by atoms with E-state index in [9.17, 15) is 0 Å². The number of nitrogens with two attached hydrogens (primary N) is 1. The van der Waals surface area contributed by atoms with Crippen LogP contribution in [0.15, 0.2) is 35.7 Å². The Kier molecular flexibility index (Phi) is 3.49. The lowest BCUT2D eigenvalue weighted by Gasteiger charge is -2.08. The molecule has 3 rings (SSSR count). The summed E-state index contributed by atoms with van der Waals surface area (Å²) in [7, 11) is 0. The Hall–Kier alpha value is -2.18. The van der Waals surface area contributed by atoms with E-state index >= 15 is 0 Å². The van der Waals surface area contributed by atoms with Crippen molar-refractivity contribution in [3.63, 3.8) is 0 Å². The summed E-state index contributed by atoms with van der Waals surface area (Å²) in [6.07, 6.45) is 0.963. The van der Waals surface area contributed by atoms with Crippen LogP contribution in [0.3, 0.4) is 0 Å². The Balaban J connectivity index is 2.02. The second-order valence-electron chi connectivity index (χ2n) is 4.24. The first-order chi connectivity index (χ1) is 9.80. The maximum atomic E-state index is 5.89. The highest BCUT2D eigenvalue weighted by Crippen LogP contribution is 2.31. The van der Waals surface area contributed by atoms with Gasteiger partial charge in [-0.3, -0.25) is 5.43 Å². The average molecular weight is 286 g/mol. The van der Waals surface area contributed by atoms with E-state index in [0.717, 1.165) is 22.4 Å². The van der Waals surface area contributed by atoms with Crippen LogP contribution in [0.1, 0.15) is 12.5 Å². The summed E-state index contributed by atoms with van der Waals surface area (Å²) < 4.78 is 5.89. The van der Waals surface area contributed by atoms with E-state index in [1.807, 2.05) is 29.6 Å². The lowest BCUT2D eigenvalue weighted by molar-refractivity contribution is 0.468. The summed E-state index contributed by atoms with van der Waals surface area (Å²) in [5.41, 5.74) is 3.68. The molecule has 3 aromatic rings. The van der Waals surface area contributed by atoms with Crippen LogP contribution in [-0.4, -0.2) is 9.97 Å². The van der Waals surface area contributed by atoms with E-state index in [1.54, 1.807) is 0 Å². The summed E-state index contributed by atoms with van der Waals surface area (Å²) in [6, 6.07) is 9.91. The SMILES string of the molecule is CCc1cccc(Oc2nc(NN)nc3sccc23)c1. The Morgan fingerprint density at radius 3 is 3.00 bits per heavy atom. The van der Waals surface area contributed by atoms with Gasteiger partial charge in [0.15, 0.2) is 0 Å². The van der Waals surface area contributed by atoms with E-state index in [2.05, 4.69) is 28.4 Å². The standard InChI is InChI=1S/C14H14N4OS/c1-2-9-4-3-5-10(8-9)19-12-11-6-7-20-13(11)17-14(16-12)18-15/h3-8H,2,15H2,1H3,(H,16,17,18). The highest BCUT2D eigenvalue weighted by molar-refractivity contribution is 7.16. The molecule has 0 aliphatic heterocycles. The predicted molar refractivity (Wildman–Crippen MR) is 81.1 cm³/mol. The molecule has 20 heavy (non-hydrogen) atoms. The third kappa shape index (κ3) is 2.43. The van der Waals surface area contributed by atoms with Crippen molar-refractivity contribution in [1.29, 1.82) is 0 Å². The lowest BCUT2D eigenvalue weighted by Crippen LogP contribution is -2.10. The smallest absolute Gasteiger partial charge is 0.241 e. The fourth-order valence-corrected chi connectivity index (χ4v) is 2.67. The fraction of sp³-hybridized carbons (Fsp3) is 0.143. The van der Waals surface area contributed by atoms with E-state index in [0.29, 0.717) is 11.8 Å². The zero-order chi connectivity index (χ0) is 13.9. The number of ether oxygens (including phenoxy) is 1. The molecule has 0 spiro atoms. The van der Waals surface area contributed by atoms with E-state index < -0.39 is 0 Å². The van der Waals surface area contributed by atoms with Crippen molar-refractivity contribution >= 4 is 27.5 Å². The van der Waals surface area contributed by atoms with Gasteiger partial charge < -0.3 is 4.74 Å². The van der Waals surface area contributed by atoms with Gasteiger partial charge >= 0.3 is 0 Å². The molecule has 0 radical (unpaired) electrons. The van der Waals surface area contributed by atoms with Gasteiger partial charge in [-0.15, -0.1) is 11.3 Å². The highest BCUT2D eigenvalue weighted by Gasteiger charge is 2.10. The molecule has 102 valence electrons. The van der Waals surface area contributed by atoms with Crippen LogP contribution in [0.25, 0.3) is 10.2 Å². The van der Waals surface area contributed by atoms with E-state index in [4.69, 9.17) is 10.6 Å². The van der Waals surface area contributed by atoms with Crippen molar-refractivity contribution in [3.8, 4) is 11.6 Å². The predicted octanol–water partition coefficient (Wildman–Crippen LogP) is 3.33. The summed E-state index contributed by atoms with van der Waals surface area (Å²) in [5, 5.41) is 2.84. The molecular formula is C14H14N4OS. The first-order valence-corrected chi connectivity index (χ1v) is 7.16. The molecule has 0 saturated heterocycles. The van der Waals surface area contributed by atoms with Crippen LogP contribution < -0.4 is 16.0 Å². The van der Waals surface area contributed by atoms with E-state index in [-0.39, 0.29) is 0 Å². The molecule has 2 aromatic heterocycles. The number of hydrazine groups is 1. The number of nitrogens with one attached hydrogen (secondary N) is 1. The van der Waals surface area contributed by atoms with Gasteiger partial charge in [-0.25, -0.2) is 10.8 Å². The number of hydrogen-bond donors (Lipinski definition) is 2. The van der Waals surface area contributed by atoms with Crippen molar-refractivity contribution < 1.29 is 4.74 Å². The average Bonchev–Trinajstić information content (AvgIpc) is 2.96. The van der Waals surface area contributed by atoms with Gasteiger partial charge in [-0.1, -0.05) is 19.1 Å². The molecule has 1 aromatic carbocycles. The van der Waals surface area contributed by atoms with Crippen LogP contribution in [0.5, 0.6) is 11.6 Å². The molecule has 0 amide bonds. The molecule has 0 aliphatic carbocycles. The minimum Gasteiger partial charge on any atom is -0.438 e. The number of aryl methyl sites for hydroxylation is 1. The van der Waals surface area contributed by atoms with Crippen molar-refractivity contribution in [3.05, 3.63) is 41.3 Å². The quantitative estimate of drug-likeness (QED) is 0.568. The van der Waals surface area contributed by atoms with Gasteiger partial charge in [-0.05, 0) is 35.6 Å². The molecule has 5 nitrogen and oxygen atoms in total. The van der Waals surface area contributed by atoms with Crippen LogP contribution in [0.2, 0.25) is 0 Å². The first kappa shape index (κ1) is 12.8. The number of hydrogen-bond acceptors (Lipinski definition) is 6. The summed E-state index contributed by atoms with van der Waals surface area (Å²) >= 11 is 1.52. The van der Waals surface area contributed by atoms with Gasteiger partial charge in [-0.2, -0.15) is 4.98 Å². The summed E-state index contributed by atoms with van der Waals surface area (Å²) in [4.78, 5) is 9.40. The van der Waals surface area contributed by atoms with Crippen LogP contribution in [0.4, 0.5) is 5.95 Å². The summed E-state index contributed by atoms with van der Waals surface area (Å²) in [5.74, 6) is 7.01. The molecular weight excluding hydrogens is 272 g/mol. The minimum absolute atomic E-state index is 0.349. The molecule has 2 heterocycles. The zero-order valence-corrected chi connectivity index (χ0v) is 11.8. The maximum absolute atomic E-state index is 5.89. The number of nitrogen functional groups attached to an aromatic ring is 1.